The Hall–Kier alpha value is -3.38. The van der Waals surface area contributed by atoms with Crippen LogP contribution in [-0.4, -0.2) is 49.1 Å². The van der Waals surface area contributed by atoms with Crippen LogP contribution in [-0.2, 0) is 12.0 Å². The van der Waals surface area contributed by atoms with Crippen LogP contribution in [0.5, 0.6) is 5.75 Å². The Morgan fingerprint density at radius 2 is 1.80 bits per heavy atom. The average molecular weight is 473 g/mol. The standard InChI is InChI=1S/C29H36N4O2/c1-29(2,3)24-11-9-23(10-12-24)28(34)31-25-13-14-27(30-20-25)33-16-6-15-32(17-18-33)21-22-7-5-8-26(19-22)35-4/h5,7-14,19-20H,6,15-18,21H2,1-4H3,(H,31,34). The summed E-state index contributed by atoms with van der Waals surface area (Å²) in [4.78, 5) is 22.1. The predicted octanol–water partition coefficient (Wildman–Crippen LogP) is 5.35. The van der Waals surface area contributed by atoms with Crippen molar-refractivity contribution in [2.75, 3.05) is 43.5 Å². The normalized spacial score (nSPS) is 14.9. The zero-order valence-electron chi connectivity index (χ0n) is 21.3. The second kappa shape index (κ2) is 10.9. The first-order chi connectivity index (χ1) is 16.8. The lowest BCUT2D eigenvalue weighted by atomic mass is 9.87. The summed E-state index contributed by atoms with van der Waals surface area (Å²) in [5, 5.41) is 2.96. The summed E-state index contributed by atoms with van der Waals surface area (Å²) in [6, 6.07) is 20.0. The number of amides is 1. The number of hydrogen-bond acceptors (Lipinski definition) is 5. The van der Waals surface area contributed by atoms with Gasteiger partial charge in [-0.05, 0) is 59.4 Å². The molecule has 0 bridgehead atoms. The molecule has 1 amide bonds. The van der Waals surface area contributed by atoms with Gasteiger partial charge < -0.3 is 15.0 Å². The number of carbonyl (C=O) groups is 1. The van der Waals surface area contributed by atoms with Crippen molar-refractivity contribution in [1.29, 1.82) is 0 Å². The molecule has 0 aliphatic carbocycles. The molecule has 0 radical (unpaired) electrons. The molecule has 0 atom stereocenters. The number of anilines is 2. The van der Waals surface area contributed by atoms with E-state index in [1.165, 1.54) is 11.1 Å². The molecule has 0 saturated carbocycles. The van der Waals surface area contributed by atoms with E-state index in [2.05, 4.69) is 53.0 Å². The van der Waals surface area contributed by atoms with Gasteiger partial charge in [0.05, 0.1) is 19.0 Å². The quantitative estimate of drug-likeness (QED) is 0.524. The number of benzene rings is 2. The Kier molecular flexibility index (Phi) is 7.71. The summed E-state index contributed by atoms with van der Waals surface area (Å²) in [5.74, 6) is 1.72. The smallest absolute Gasteiger partial charge is 0.255 e. The molecular formula is C29H36N4O2. The summed E-state index contributed by atoms with van der Waals surface area (Å²) < 4.78 is 5.36. The third-order valence-corrected chi connectivity index (χ3v) is 6.47. The third kappa shape index (κ3) is 6.61. The second-order valence-corrected chi connectivity index (χ2v) is 10.2. The van der Waals surface area contributed by atoms with Crippen LogP contribution in [0.25, 0.3) is 0 Å². The number of nitrogens with one attached hydrogen (secondary N) is 1. The van der Waals surface area contributed by atoms with Crippen LogP contribution in [0, 0.1) is 0 Å². The molecule has 1 aliphatic rings. The van der Waals surface area contributed by atoms with Gasteiger partial charge in [-0.25, -0.2) is 4.98 Å². The molecule has 184 valence electrons. The van der Waals surface area contributed by atoms with Gasteiger partial charge in [0, 0.05) is 38.3 Å². The van der Waals surface area contributed by atoms with Crippen LogP contribution < -0.4 is 15.0 Å². The maximum absolute atomic E-state index is 12.7. The molecule has 6 nitrogen and oxygen atoms in total. The molecule has 35 heavy (non-hydrogen) atoms. The van der Waals surface area contributed by atoms with Crippen molar-refractivity contribution in [3.63, 3.8) is 0 Å². The first-order valence-electron chi connectivity index (χ1n) is 12.3. The maximum Gasteiger partial charge on any atom is 0.255 e. The number of ether oxygens (including phenoxy) is 1. The minimum atomic E-state index is -0.122. The van der Waals surface area contributed by atoms with E-state index in [4.69, 9.17) is 4.74 Å². The largest absolute Gasteiger partial charge is 0.497 e. The van der Waals surface area contributed by atoms with Gasteiger partial charge in [-0.3, -0.25) is 9.69 Å². The van der Waals surface area contributed by atoms with E-state index in [0.29, 0.717) is 11.3 Å². The van der Waals surface area contributed by atoms with Crippen molar-refractivity contribution in [2.45, 2.75) is 39.2 Å². The van der Waals surface area contributed by atoms with Crippen molar-refractivity contribution in [1.82, 2.24) is 9.88 Å². The molecule has 1 aliphatic heterocycles. The van der Waals surface area contributed by atoms with Gasteiger partial charge in [0.1, 0.15) is 11.6 Å². The van der Waals surface area contributed by atoms with Crippen LogP contribution in [0.3, 0.4) is 0 Å². The van der Waals surface area contributed by atoms with Gasteiger partial charge in [-0.15, -0.1) is 0 Å². The first-order valence-corrected chi connectivity index (χ1v) is 12.3. The molecule has 1 saturated heterocycles. The van der Waals surface area contributed by atoms with Gasteiger partial charge in [0.15, 0.2) is 0 Å². The molecule has 6 heteroatoms. The molecule has 0 unspecified atom stereocenters. The summed E-state index contributed by atoms with van der Waals surface area (Å²) in [6.07, 6.45) is 2.82. The topological polar surface area (TPSA) is 57.7 Å². The van der Waals surface area contributed by atoms with Gasteiger partial charge in [-0.1, -0.05) is 45.0 Å². The Morgan fingerprint density at radius 1 is 1.00 bits per heavy atom. The van der Waals surface area contributed by atoms with E-state index in [0.717, 1.165) is 50.7 Å². The Morgan fingerprint density at radius 3 is 2.49 bits per heavy atom. The number of methoxy groups -OCH3 is 1. The highest BCUT2D eigenvalue weighted by atomic mass is 16.5. The Balaban J connectivity index is 1.32. The zero-order valence-corrected chi connectivity index (χ0v) is 21.3. The molecule has 3 aromatic rings. The SMILES string of the molecule is COc1cccc(CN2CCCN(c3ccc(NC(=O)c4ccc(C(C)(C)C)cc4)cn3)CC2)c1. The van der Waals surface area contributed by atoms with Crippen molar-refractivity contribution >= 4 is 17.4 Å². The van der Waals surface area contributed by atoms with E-state index >= 15 is 0 Å². The molecule has 1 aromatic heterocycles. The van der Waals surface area contributed by atoms with Crippen LogP contribution in [0.4, 0.5) is 11.5 Å². The van der Waals surface area contributed by atoms with Gasteiger partial charge in [0.2, 0.25) is 0 Å². The average Bonchev–Trinajstić information content (AvgIpc) is 3.10. The fourth-order valence-corrected chi connectivity index (χ4v) is 4.36. The van der Waals surface area contributed by atoms with Crippen LogP contribution in [0.15, 0.2) is 66.9 Å². The van der Waals surface area contributed by atoms with E-state index in [1.807, 2.05) is 48.5 Å². The summed E-state index contributed by atoms with van der Waals surface area (Å²) in [7, 11) is 1.71. The highest BCUT2D eigenvalue weighted by molar-refractivity contribution is 6.04. The molecule has 2 heterocycles. The number of pyridine rings is 1. The fraction of sp³-hybridized carbons (Fsp3) is 0.379. The van der Waals surface area contributed by atoms with E-state index < -0.39 is 0 Å². The van der Waals surface area contributed by atoms with Gasteiger partial charge in [-0.2, -0.15) is 0 Å². The number of hydrogen-bond donors (Lipinski definition) is 1. The van der Waals surface area contributed by atoms with Gasteiger partial charge in [0.25, 0.3) is 5.91 Å². The lowest BCUT2D eigenvalue weighted by Gasteiger charge is -2.23. The highest BCUT2D eigenvalue weighted by Crippen LogP contribution is 2.23. The lowest BCUT2D eigenvalue weighted by Crippen LogP contribution is -2.31. The Bertz CT molecular complexity index is 1120. The summed E-state index contributed by atoms with van der Waals surface area (Å²) in [6.45, 7) is 11.3. The van der Waals surface area contributed by atoms with Crippen molar-refractivity contribution < 1.29 is 9.53 Å². The minimum Gasteiger partial charge on any atom is -0.497 e. The van der Waals surface area contributed by atoms with Crippen molar-refractivity contribution in [2.24, 2.45) is 0 Å². The fourth-order valence-electron chi connectivity index (χ4n) is 4.36. The van der Waals surface area contributed by atoms with Crippen molar-refractivity contribution in [3.05, 3.63) is 83.6 Å². The van der Waals surface area contributed by atoms with Crippen LogP contribution in [0.2, 0.25) is 0 Å². The minimum absolute atomic E-state index is 0.0637. The molecular weight excluding hydrogens is 436 g/mol. The molecule has 4 rings (SSSR count). The van der Waals surface area contributed by atoms with Gasteiger partial charge >= 0.3 is 0 Å². The zero-order chi connectivity index (χ0) is 24.8. The molecule has 2 aromatic carbocycles. The van der Waals surface area contributed by atoms with E-state index in [1.54, 1.807) is 13.3 Å². The summed E-state index contributed by atoms with van der Waals surface area (Å²) in [5.41, 5.74) is 3.89. The second-order valence-electron chi connectivity index (χ2n) is 10.2. The monoisotopic (exact) mass is 472 g/mol. The van der Waals surface area contributed by atoms with Crippen LogP contribution in [0.1, 0.15) is 48.7 Å². The maximum atomic E-state index is 12.7. The number of nitrogens with zero attached hydrogens (tertiary/aromatic N) is 3. The van der Waals surface area contributed by atoms with Crippen LogP contribution >= 0.6 is 0 Å². The third-order valence-electron chi connectivity index (χ3n) is 6.47. The number of aromatic nitrogens is 1. The molecule has 1 fully saturated rings. The number of rotatable bonds is 6. The molecule has 0 spiro atoms. The Labute approximate surface area is 208 Å². The van der Waals surface area contributed by atoms with E-state index in [-0.39, 0.29) is 11.3 Å². The molecule has 1 N–H and O–H groups in total. The number of carbonyl (C=O) groups excluding carboxylic acids is 1. The lowest BCUT2D eigenvalue weighted by molar-refractivity contribution is 0.102. The van der Waals surface area contributed by atoms with Crippen molar-refractivity contribution in [3.8, 4) is 5.75 Å². The van der Waals surface area contributed by atoms with E-state index in [9.17, 15) is 4.79 Å². The summed E-state index contributed by atoms with van der Waals surface area (Å²) >= 11 is 0. The first kappa shape index (κ1) is 24.7. The predicted molar refractivity (Wildman–Crippen MR) is 142 cm³/mol. The highest BCUT2D eigenvalue weighted by Gasteiger charge is 2.17.